The maximum absolute atomic E-state index is 12.0. The molecule has 2 aliphatic rings. The average Bonchev–Trinajstić information content (AvgIpc) is 2.40. The summed E-state index contributed by atoms with van der Waals surface area (Å²) in [6.07, 6.45) is 5.27. The van der Waals surface area contributed by atoms with Gasteiger partial charge in [-0.05, 0) is 50.6 Å². The summed E-state index contributed by atoms with van der Waals surface area (Å²) in [6.45, 7) is 5.86. The van der Waals surface area contributed by atoms with Gasteiger partial charge in [0, 0.05) is 13.0 Å². The molecule has 0 aromatic carbocycles. The van der Waals surface area contributed by atoms with Crippen LogP contribution in [0.5, 0.6) is 0 Å². The highest BCUT2D eigenvalue weighted by Gasteiger charge is 2.25. The third-order valence-corrected chi connectivity index (χ3v) is 3.92. The van der Waals surface area contributed by atoms with E-state index in [4.69, 9.17) is 4.84 Å². The molecule has 2 rings (SSSR count). The number of hydrogen-bond donors (Lipinski definition) is 1. The highest BCUT2D eigenvalue weighted by Crippen LogP contribution is 2.23. The van der Waals surface area contributed by atoms with E-state index in [9.17, 15) is 4.79 Å². The van der Waals surface area contributed by atoms with Crippen molar-refractivity contribution in [1.29, 1.82) is 0 Å². The third kappa shape index (κ3) is 3.68. The van der Waals surface area contributed by atoms with Crippen molar-refractivity contribution < 1.29 is 9.63 Å². The van der Waals surface area contributed by atoms with E-state index in [1.807, 2.05) is 0 Å². The van der Waals surface area contributed by atoms with Crippen molar-refractivity contribution in [2.75, 3.05) is 26.2 Å². The Morgan fingerprint density at radius 2 is 2.35 bits per heavy atom. The second-order valence-electron chi connectivity index (χ2n) is 5.32. The molecule has 2 atom stereocenters. The number of nitrogens with one attached hydrogen (secondary N) is 1. The number of carbonyl (C=O) groups is 1. The zero-order valence-electron chi connectivity index (χ0n) is 10.8. The van der Waals surface area contributed by atoms with E-state index in [1.165, 1.54) is 12.8 Å². The molecule has 2 aliphatic heterocycles. The maximum atomic E-state index is 12.0. The van der Waals surface area contributed by atoms with Crippen molar-refractivity contribution in [3.63, 3.8) is 0 Å². The van der Waals surface area contributed by atoms with Gasteiger partial charge in [-0.2, -0.15) is 0 Å². The molecule has 4 nitrogen and oxygen atoms in total. The first-order chi connectivity index (χ1) is 8.27. The highest BCUT2D eigenvalue weighted by atomic mass is 16.7. The summed E-state index contributed by atoms with van der Waals surface area (Å²) in [5, 5.41) is 4.99. The zero-order valence-corrected chi connectivity index (χ0v) is 10.8. The van der Waals surface area contributed by atoms with E-state index < -0.39 is 0 Å². The predicted molar refractivity (Wildman–Crippen MR) is 66.3 cm³/mol. The largest absolute Gasteiger partial charge is 0.316 e. The van der Waals surface area contributed by atoms with E-state index in [-0.39, 0.29) is 5.91 Å². The van der Waals surface area contributed by atoms with Crippen LogP contribution in [0, 0.1) is 11.8 Å². The van der Waals surface area contributed by atoms with Gasteiger partial charge >= 0.3 is 0 Å². The van der Waals surface area contributed by atoms with Crippen LogP contribution in [0.1, 0.15) is 39.0 Å². The van der Waals surface area contributed by atoms with Gasteiger partial charge in [-0.15, -0.1) is 0 Å². The molecule has 2 heterocycles. The second-order valence-corrected chi connectivity index (χ2v) is 5.32. The van der Waals surface area contributed by atoms with Gasteiger partial charge in [-0.3, -0.25) is 9.63 Å². The Labute approximate surface area is 104 Å². The smallest absolute Gasteiger partial charge is 0.246 e. The lowest BCUT2D eigenvalue weighted by Gasteiger charge is -2.31. The molecule has 2 fully saturated rings. The second kappa shape index (κ2) is 6.36. The van der Waals surface area contributed by atoms with Crippen LogP contribution in [0.4, 0.5) is 0 Å². The standard InChI is InChI=1S/C13H24N2O2/c1-11(12-5-4-6-14-10-12)9-13(16)15-7-2-3-8-17-15/h11-12,14H,2-10H2,1H3. The van der Waals surface area contributed by atoms with Gasteiger partial charge in [0.1, 0.15) is 0 Å². The molecular weight excluding hydrogens is 216 g/mol. The highest BCUT2D eigenvalue weighted by molar-refractivity contribution is 5.75. The lowest BCUT2D eigenvalue weighted by atomic mass is 9.85. The molecule has 0 spiro atoms. The quantitative estimate of drug-likeness (QED) is 0.814. The average molecular weight is 240 g/mol. The Hall–Kier alpha value is -0.610. The van der Waals surface area contributed by atoms with Crippen LogP contribution < -0.4 is 5.32 Å². The molecule has 17 heavy (non-hydrogen) atoms. The fourth-order valence-corrected chi connectivity index (χ4v) is 2.70. The van der Waals surface area contributed by atoms with Crippen LogP contribution >= 0.6 is 0 Å². The number of piperidine rings is 1. The van der Waals surface area contributed by atoms with Crippen molar-refractivity contribution in [2.45, 2.75) is 39.0 Å². The van der Waals surface area contributed by atoms with Gasteiger partial charge in [-0.25, -0.2) is 5.06 Å². The number of nitrogens with zero attached hydrogens (tertiary/aromatic N) is 1. The van der Waals surface area contributed by atoms with Crippen LogP contribution in [0.15, 0.2) is 0 Å². The third-order valence-electron chi connectivity index (χ3n) is 3.92. The molecule has 2 unspecified atom stereocenters. The van der Waals surface area contributed by atoms with E-state index in [0.29, 0.717) is 24.9 Å². The summed E-state index contributed by atoms with van der Waals surface area (Å²) in [7, 11) is 0. The van der Waals surface area contributed by atoms with Gasteiger partial charge in [-0.1, -0.05) is 6.92 Å². The lowest BCUT2D eigenvalue weighted by molar-refractivity contribution is -0.198. The van der Waals surface area contributed by atoms with Gasteiger partial charge in [0.2, 0.25) is 5.91 Å². The molecule has 0 aromatic rings. The summed E-state index contributed by atoms with van der Waals surface area (Å²) in [5.41, 5.74) is 0. The molecule has 98 valence electrons. The minimum atomic E-state index is 0.169. The van der Waals surface area contributed by atoms with Gasteiger partial charge in [0.15, 0.2) is 0 Å². The fourth-order valence-electron chi connectivity index (χ4n) is 2.70. The van der Waals surface area contributed by atoms with Crippen LogP contribution in [0.25, 0.3) is 0 Å². The number of amides is 1. The van der Waals surface area contributed by atoms with E-state index in [1.54, 1.807) is 5.06 Å². The van der Waals surface area contributed by atoms with Crippen molar-refractivity contribution >= 4 is 5.91 Å². The lowest BCUT2D eigenvalue weighted by Crippen LogP contribution is -2.39. The SMILES string of the molecule is CC(CC(=O)N1CCCCO1)C1CCCNC1. The number of hydroxylamine groups is 2. The summed E-state index contributed by atoms with van der Waals surface area (Å²) >= 11 is 0. The Morgan fingerprint density at radius 3 is 3.00 bits per heavy atom. The van der Waals surface area contributed by atoms with Gasteiger partial charge in [0.05, 0.1) is 6.61 Å². The Kier molecular flexibility index (Phi) is 4.80. The minimum absolute atomic E-state index is 0.169. The molecule has 0 radical (unpaired) electrons. The van der Waals surface area contributed by atoms with Gasteiger partial charge in [0.25, 0.3) is 0 Å². The molecule has 0 bridgehead atoms. The molecule has 0 aromatic heterocycles. The summed E-state index contributed by atoms with van der Waals surface area (Å²) < 4.78 is 0. The summed E-state index contributed by atoms with van der Waals surface area (Å²) in [4.78, 5) is 17.4. The molecule has 4 heteroatoms. The molecule has 2 saturated heterocycles. The molecule has 1 N–H and O–H groups in total. The topological polar surface area (TPSA) is 41.6 Å². The first-order valence-electron chi connectivity index (χ1n) is 6.91. The Balaban J connectivity index is 1.76. The molecule has 0 saturated carbocycles. The first-order valence-corrected chi connectivity index (χ1v) is 6.91. The van der Waals surface area contributed by atoms with E-state index in [2.05, 4.69) is 12.2 Å². The van der Waals surface area contributed by atoms with E-state index in [0.717, 1.165) is 32.5 Å². The zero-order chi connectivity index (χ0) is 12.1. The van der Waals surface area contributed by atoms with Crippen LogP contribution in [-0.2, 0) is 9.63 Å². The summed E-state index contributed by atoms with van der Waals surface area (Å²) in [5.74, 6) is 1.28. The molecule has 1 amide bonds. The minimum Gasteiger partial charge on any atom is -0.316 e. The molecule has 0 aliphatic carbocycles. The van der Waals surface area contributed by atoms with Crippen LogP contribution in [0.2, 0.25) is 0 Å². The monoisotopic (exact) mass is 240 g/mol. The van der Waals surface area contributed by atoms with Crippen molar-refractivity contribution in [3.05, 3.63) is 0 Å². The van der Waals surface area contributed by atoms with Crippen molar-refractivity contribution in [3.8, 4) is 0 Å². The number of hydrogen-bond acceptors (Lipinski definition) is 3. The normalized spacial score (nSPS) is 27.8. The Morgan fingerprint density at radius 1 is 1.47 bits per heavy atom. The molecular formula is C13H24N2O2. The Bertz CT molecular complexity index is 246. The predicted octanol–water partition coefficient (Wildman–Crippen LogP) is 1.57. The van der Waals surface area contributed by atoms with Crippen LogP contribution in [-0.4, -0.2) is 37.2 Å². The fraction of sp³-hybridized carbons (Fsp3) is 0.923. The number of carbonyl (C=O) groups excluding carboxylic acids is 1. The maximum Gasteiger partial charge on any atom is 0.246 e. The van der Waals surface area contributed by atoms with Gasteiger partial charge < -0.3 is 5.32 Å². The number of rotatable bonds is 3. The summed E-state index contributed by atoms with van der Waals surface area (Å²) in [6, 6.07) is 0. The van der Waals surface area contributed by atoms with Crippen LogP contribution in [0.3, 0.4) is 0 Å². The van der Waals surface area contributed by atoms with E-state index >= 15 is 0 Å². The van der Waals surface area contributed by atoms with Crippen molar-refractivity contribution in [1.82, 2.24) is 10.4 Å². The van der Waals surface area contributed by atoms with Crippen molar-refractivity contribution in [2.24, 2.45) is 11.8 Å². The first kappa shape index (κ1) is 12.8.